The van der Waals surface area contributed by atoms with Gasteiger partial charge in [0.1, 0.15) is 5.82 Å². The van der Waals surface area contributed by atoms with Crippen LogP contribution in [0.15, 0.2) is 33.6 Å². The van der Waals surface area contributed by atoms with Gasteiger partial charge in [0.15, 0.2) is 0 Å². The maximum absolute atomic E-state index is 12.5. The van der Waals surface area contributed by atoms with Gasteiger partial charge in [-0.15, -0.1) is 0 Å². The highest BCUT2D eigenvalue weighted by Gasteiger charge is 2.19. The van der Waals surface area contributed by atoms with E-state index in [9.17, 15) is 8.42 Å². The summed E-state index contributed by atoms with van der Waals surface area (Å²) >= 11 is 3.28. The van der Waals surface area contributed by atoms with Crippen LogP contribution in [0.25, 0.3) is 0 Å². The number of sulfonamides is 1. The number of rotatable bonds is 3. The zero-order valence-corrected chi connectivity index (χ0v) is 14.3. The molecule has 1 heterocycles. The Kier molecular flexibility index (Phi) is 4.25. The van der Waals surface area contributed by atoms with Crippen LogP contribution in [0, 0.1) is 20.8 Å². The fourth-order valence-electron chi connectivity index (χ4n) is 2.04. The van der Waals surface area contributed by atoms with Crippen molar-refractivity contribution >= 4 is 37.5 Å². The SMILES string of the molecule is Cc1cc(C)nc(NS(=O)(=O)c2cc(N)c(Br)cc2C)c1. The van der Waals surface area contributed by atoms with E-state index in [2.05, 4.69) is 25.6 Å². The number of hydrogen-bond acceptors (Lipinski definition) is 4. The molecule has 0 aliphatic heterocycles. The van der Waals surface area contributed by atoms with Crippen LogP contribution in [-0.4, -0.2) is 13.4 Å². The number of nitrogens with zero attached hydrogens (tertiary/aromatic N) is 1. The summed E-state index contributed by atoms with van der Waals surface area (Å²) in [4.78, 5) is 4.33. The van der Waals surface area contributed by atoms with Crippen LogP contribution in [0.4, 0.5) is 11.5 Å². The Labute approximate surface area is 132 Å². The number of nitrogens with two attached hydrogens (primary N) is 1. The topological polar surface area (TPSA) is 85.1 Å². The molecule has 1 aromatic carbocycles. The highest BCUT2D eigenvalue weighted by Crippen LogP contribution is 2.27. The van der Waals surface area contributed by atoms with E-state index in [-0.39, 0.29) is 4.90 Å². The summed E-state index contributed by atoms with van der Waals surface area (Å²) < 4.78 is 28.1. The summed E-state index contributed by atoms with van der Waals surface area (Å²) in [6.07, 6.45) is 0. The zero-order valence-electron chi connectivity index (χ0n) is 11.9. The van der Waals surface area contributed by atoms with Crippen molar-refractivity contribution in [2.24, 2.45) is 0 Å². The summed E-state index contributed by atoms with van der Waals surface area (Å²) in [5.41, 5.74) is 8.43. The van der Waals surface area contributed by atoms with E-state index in [1.807, 2.05) is 19.9 Å². The fourth-order valence-corrected chi connectivity index (χ4v) is 3.76. The average Bonchev–Trinajstić information content (AvgIpc) is 2.31. The van der Waals surface area contributed by atoms with Gasteiger partial charge in [0, 0.05) is 15.9 Å². The summed E-state index contributed by atoms with van der Waals surface area (Å²) in [5.74, 6) is 0.299. The maximum Gasteiger partial charge on any atom is 0.263 e. The molecule has 0 saturated carbocycles. The van der Waals surface area contributed by atoms with Gasteiger partial charge in [-0.1, -0.05) is 0 Å². The van der Waals surface area contributed by atoms with Gasteiger partial charge < -0.3 is 5.73 Å². The second kappa shape index (κ2) is 5.65. The molecule has 0 spiro atoms. The van der Waals surface area contributed by atoms with Gasteiger partial charge in [-0.3, -0.25) is 4.72 Å². The molecule has 2 rings (SSSR count). The number of hydrogen-bond donors (Lipinski definition) is 2. The van der Waals surface area contributed by atoms with E-state index in [1.165, 1.54) is 6.07 Å². The molecule has 1 aromatic heterocycles. The van der Waals surface area contributed by atoms with Gasteiger partial charge in [-0.25, -0.2) is 13.4 Å². The van der Waals surface area contributed by atoms with Crippen molar-refractivity contribution in [2.75, 3.05) is 10.5 Å². The molecule has 7 heteroatoms. The first-order valence-electron chi connectivity index (χ1n) is 6.23. The lowest BCUT2D eigenvalue weighted by molar-refractivity contribution is 0.600. The van der Waals surface area contributed by atoms with Crippen LogP contribution >= 0.6 is 15.9 Å². The minimum atomic E-state index is -3.73. The van der Waals surface area contributed by atoms with E-state index in [0.29, 0.717) is 21.5 Å². The Morgan fingerprint density at radius 1 is 1.14 bits per heavy atom. The molecular weight excluding hydrogens is 354 g/mol. The van der Waals surface area contributed by atoms with Crippen molar-refractivity contribution in [3.05, 3.63) is 45.6 Å². The molecule has 2 aromatic rings. The molecule has 0 aliphatic carbocycles. The van der Waals surface area contributed by atoms with E-state index < -0.39 is 10.0 Å². The second-order valence-electron chi connectivity index (χ2n) is 4.92. The number of aromatic nitrogens is 1. The third-order valence-corrected chi connectivity index (χ3v) is 5.10. The first kappa shape index (κ1) is 15.8. The molecule has 21 heavy (non-hydrogen) atoms. The fraction of sp³-hybridized carbons (Fsp3) is 0.214. The summed E-state index contributed by atoms with van der Waals surface area (Å²) in [6.45, 7) is 5.41. The van der Waals surface area contributed by atoms with Crippen molar-refractivity contribution in [3.63, 3.8) is 0 Å². The predicted molar refractivity (Wildman–Crippen MR) is 87.8 cm³/mol. The Balaban J connectivity index is 2.45. The largest absolute Gasteiger partial charge is 0.398 e. The number of benzene rings is 1. The Morgan fingerprint density at radius 3 is 2.43 bits per heavy atom. The monoisotopic (exact) mass is 369 g/mol. The number of nitrogens with one attached hydrogen (secondary N) is 1. The molecule has 5 nitrogen and oxygen atoms in total. The van der Waals surface area contributed by atoms with Crippen molar-refractivity contribution in [1.82, 2.24) is 4.98 Å². The summed E-state index contributed by atoms with van der Waals surface area (Å²) in [7, 11) is -3.73. The van der Waals surface area contributed by atoms with Crippen LogP contribution < -0.4 is 10.5 Å². The molecule has 0 amide bonds. The first-order chi connectivity index (χ1) is 9.69. The minimum Gasteiger partial charge on any atom is -0.398 e. The van der Waals surface area contributed by atoms with E-state index in [4.69, 9.17) is 5.73 Å². The molecule has 0 fully saturated rings. The van der Waals surface area contributed by atoms with Gasteiger partial charge in [0.2, 0.25) is 0 Å². The van der Waals surface area contributed by atoms with Crippen molar-refractivity contribution in [1.29, 1.82) is 0 Å². The van der Waals surface area contributed by atoms with Gasteiger partial charge in [-0.2, -0.15) is 0 Å². The quantitative estimate of drug-likeness (QED) is 0.813. The molecule has 3 N–H and O–H groups in total. The van der Waals surface area contributed by atoms with Gasteiger partial charge in [-0.05, 0) is 72.1 Å². The van der Waals surface area contributed by atoms with Crippen LogP contribution in [0.3, 0.4) is 0 Å². The number of pyridine rings is 1. The third kappa shape index (κ3) is 3.54. The number of anilines is 2. The molecular formula is C14H16BrN3O2S. The van der Waals surface area contributed by atoms with E-state index in [0.717, 1.165) is 11.3 Å². The summed E-state index contributed by atoms with van der Waals surface area (Å²) in [6, 6.07) is 6.67. The highest BCUT2D eigenvalue weighted by atomic mass is 79.9. The van der Waals surface area contributed by atoms with Crippen LogP contribution in [0.2, 0.25) is 0 Å². The van der Waals surface area contributed by atoms with E-state index >= 15 is 0 Å². The van der Waals surface area contributed by atoms with Crippen LogP contribution in [-0.2, 0) is 10.0 Å². The third-order valence-electron chi connectivity index (χ3n) is 2.92. The van der Waals surface area contributed by atoms with Gasteiger partial charge in [0.25, 0.3) is 10.0 Å². The molecule has 0 radical (unpaired) electrons. The molecule has 0 saturated heterocycles. The Bertz CT molecular complexity index is 784. The maximum atomic E-state index is 12.5. The van der Waals surface area contributed by atoms with Crippen molar-refractivity contribution in [2.45, 2.75) is 25.7 Å². The summed E-state index contributed by atoms with van der Waals surface area (Å²) in [5, 5.41) is 0. The molecule has 0 atom stereocenters. The molecule has 112 valence electrons. The van der Waals surface area contributed by atoms with Gasteiger partial charge >= 0.3 is 0 Å². The minimum absolute atomic E-state index is 0.143. The van der Waals surface area contributed by atoms with Gasteiger partial charge in [0.05, 0.1) is 4.90 Å². The number of aryl methyl sites for hydroxylation is 3. The predicted octanol–water partition coefficient (Wildman–Crippen LogP) is 3.15. The lowest BCUT2D eigenvalue weighted by Gasteiger charge is -2.12. The smallest absolute Gasteiger partial charge is 0.263 e. The Hall–Kier alpha value is -1.60. The van der Waals surface area contributed by atoms with Crippen LogP contribution in [0.1, 0.15) is 16.8 Å². The van der Waals surface area contributed by atoms with Crippen molar-refractivity contribution in [3.8, 4) is 0 Å². The Morgan fingerprint density at radius 2 is 1.81 bits per heavy atom. The van der Waals surface area contributed by atoms with Crippen molar-refractivity contribution < 1.29 is 8.42 Å². The number of halogens is 1. The average molecular weight is 370 g/mol. The number of nitrogen functional groups attached to an aromatic ring is 1. The first-order valence-corrected chi connectivity index (χ1v) is 8.50. The lowest BCUT2D eigenvalue weighted by Crippen LogP contribution is -2.16. The highest BCUT2D eigenvalue weighted by molar-refractivity contribution is 9.10. The lowest BCUT2D eigenvalue weighted by atomic mass is 10.2. The normalized spacial score (nSPS) is 11.4. The standard InChI is InChI=1S/C14H16BrN3O2S/c1-8-4-10(3)17-14(5-8)18-21(19,20)13-7-12(16)11(15)6-9(13)2/h4-7H,16H2,1-3H3,(H,17,18). The molecule has 0 aliphatic rings. The second-order valence-corrected chi connectivity index (χ2v) is 7.42. The zero-order chi connectivity index (χ0) is 15.8. The van der Waals surface area contributed by atoms with E-state index in [1.54, 1.807) is 19.1 Å². The van der Waals surface area contributed by atoms with Crippen LogP contribution in [0.5, 0.6) is 0 Å². The molecule has 0 bridgehead atoms. The molecule has 0 unspecified atom stereocenters.